The second-order valence-electron chi connectivity index (χ2n) is 7.84. The maximum absolute atomic E-state index is 6.65. The average Bonchev–Trinajstić information content (AvgIpc) is 3.12. The normalized spacial score (nSPS) is 17.1. The van der Waals surface area contributed by atoms with Gasteiger partial charge in [0.1, 0.15) is 18.2 Å². The number of aromatic nitrogens is 1. The van der Waals surface area contributed by atoms with Crippen molar-refractivity contribution in [2.24, 2.45) is 7.05 Å². The van der Waals surface area contributed by atoms with Crippen LogP contribution in [0.25, 0.3) is 39.3 Å². The Morgan fingerprint density at radius 3 is 2.60 bits per heavy atom. The van der Waals surface area contributed by atoms with Gasteiger partial charge in [0.15, 0.2) is 6.20 Å². The van der Waals surface area contributed by atoms with Gasteiger partial charge in [0.05, 0.1) is 5.56 Å². The molecule has 0 unspecified atom stereocenters. The van der Waals surface area contributed by atoms with E-state index in [1.807, 2.05) is 18.2 Å². The summed E-state index contributed by atoms with van der Waals surface area (Å²) in [5.74, 6) is 0. The van der Waals surface area contributed by atoms with E-state index in [0.717, 1.165) is 45.2 Å². The van der Waals surface area contributed by atoms with E-state index < -0.39 is 0 Å². The summed E-state index contributed by atoms with van der Waals surface area (Å²) in [6.45, 7) is 6.24. The molecule has 2 aromatic heterocycles. The molecule has 0 saturated carbocycles. The smallest absolute Gasteiger partial charge is 0.216 e. The number of fused-ring (bicyclic) bond motifs is 5. The number of benzene rings is 2. The summed E-state index contributed by atoms with van der Waals surface area (Å²) >= 11 is 0. The third-order valence-corrected chi connectivity index (χ3v) is 5.82. The molecule has 2 heterocycles. The predicted octanol–water partition coefficient (Wildman–Crippen LogP) is 6.62. The molecule has 0 spiro atoms. The minimum atomic E-state index is 0.821. The summed E-state index contributed by atoms with van der Waals surface area (Å²) in [6, 6.07) is 15.0. The first-order valence-corrected chi connectivity index (χ1v) is 10.3. The van der Waals surface area contributed by atoms with Crippen molar-refractivity contribution in [3.63, 3.8) is 0 Å². The van der Waals surface area contributed by atoms with Gasteiger partial charge in [-0.05, 0) is 42.2 Å². The van der Waals surface area contributed by atoms with Gasteiger partial charge in [0, 0.05) is 28.5 Å². The second-order valence-corrected chi connectivity index (χ2v) is 7.84. The molecule has 1 aliphatic rings. The first kappa shape index (κ1) is 18.4. The van der Waals surface area contributed by atoms with Gasteiger partial charge < -0.3 is 4.42 Å². The Hall–Kier alpha value is -3.65. The summed E-state index contributed by atoms with van der Waals surface area (Å²) in [5.41, 5.74) is 8.80. The quantitative estimate of drug-likeness (QED) is 0.334. The van der Waals surface area contributed by atoms with Crippen LogP contribution in [0.2, 0.25) is 0 Å². The minimum absolute atomic E-state index is 0.821. The highest BCUT2D eigenvalue weighted by atomic mass is 16.3. The van der Waals surface area contributed by atoms with Gasteiger partial charge in [0.25, 0.3) is 0 Å². The Labute approximate surface area is 176 Å². The molecule has 0 atom stereocenters. The molecule has 2 heteroatoms. The third kappa shape index (κ3) is 3.02. The highest BCUT2D eigenvalue weighted by molar-refractivity contribution is 6.11. The Morgan fingerprint density at radius 1 is 0.900 bits per heavy atom. The summed E-state index contributed by atoms with van der Waals surface area (Å²) in [4.78, 5) is 0. The van der Waals surface area contributed by atoms with Gasteiger partial charge in [-0.2, -0.15) is 0 Å². The zero-order chi connectivity index (χ0) is 20.7. The number of hydrogen-bond donors (Lipinski definition) is 0. The lowest BCUT2D eigenvalue weighted by molar-refractivity contribution is -0.660. The second kappa shape index (κ2) is 7.31. The zero-order valence-corrected chi connectivity index (χ0v) is 17.4. The molecule has 5 rings (SSSR count). The maximum atomic E-state index is 6.65. The van der Waals surface area contributed by atoms with Crippen molar-refractivity contribution in [2.45, 2.75) is 13.3 Å². The van der Waals surface area contributed by atoms with Gasteiger partial charge in [-0.25, -0.2) is 4.57 Å². The molecule has 0 saturated heterocycles. The summed E-state index contributed by atoms with van der Waals surface area (Å²) < 4.78 is 8.80. The predicted molar refractivity (Wildman–Crippen MR) is 125 cm³/mol. The first-order chi connectivity index (χ1) is 14.6. The molecule has 2 aromatic carbocycles. The van der Waals surface area contributed by atoms with E-state index >= 15 is 0 Å². The summed E-state index contributed by atoms with van der Waals surface area (Å²) in [5, 5.41) is 2.32. The number of hydrogen-bond acceptors (Lipinski definition) is 1. The number of rotatable bonds is 1. The number of allylic oxidation sites excluding steroid dienone is 6. The van der Waals surface area contributed by atoms with Crippen molar-refractivity contribution < 1.29 is 8.98 Å². The van der Waals surface area contributed by atoms with E-state index in [1.54, 1.807) is 0 Å². The lowest BCUT2D eigenvalue weighted by Gasteiger charge is -2.06. The van der Waals surface area contributed by atoms with Crippen molar-refractivity contribution in [1.82, 2.24) is 0 Å². The van der Waals surface area contributed by atoms with Crippen LogP contribution in [0.1, 0.15) is 16.7 Å². The Kier molecular flexibility index (Phi) is 4.48. The van der Waals surface area contributed by atoms with Crippen LogP contribution in [0, 0.1) is 6.92 Å². The van der Waals surface area contributed by atoms with Crippen LogP contribution in [0.5, 0.6) is 0 Å². The van der Waals surface area contributed by atoms with Crippen LogP contribution in [0.4, 0.5) is 0 Å². The molecule has 0 aliphatic heterocycles. The van der Waals surface area contributed by atoms with E-state index in [4.69, 9.17) is 4.42 Å². The lowest BCUT2D eigenvalue weighted by atomic mass is 9.97. The molecule has 30 heavy (non-hydrogen) atoms. The molecule has 0 radical (unpaired) electrons. The number of furan rings is 1. The Bertz CT molecular complexity index is 1400. The highest BCUT2D eigenvalue weighted by Gasteiger charge is 2.21. The number of aryl methyl sites for hydroxylation is 2. The molecule has 0 amide bonds. The maximum Gasteiger partial charge on any atom is 0.216 e. The zero-order valence-electron chi connectivity index (χ0n) is 17.4. The topological polar surface area (TPSA) is 17.0 Å². The van der Waals surface area contributed by atoms with Crippen LogP contribution in [0.3, 0.4) is 0 Å². The van der Waals surface area contributed by atoms with E-state index in [-0.39, 0.29) is 0 Å². The van der Waals surface area contributed by atoms with Crippen molar-refractivity contribution in [2.75, 3.05) is 0 Å². The third-order valence-electron chi connectivity index (χ3n) is 5.82. The fraction of sp³-hybridized carbons (Fsp3) is 0.107. The highest BCUT2D eigenvalue weighted by Crippen LogP contribution is 2.39. The molecule has 0 bridgehead atoms. The monoisotopic (exact) mass is 390 g/mol. The van der Waals surface area contributed by atoms with Crippen molar-refractivity contribution in [3.8, 4) is 11.3 Å². The van der Waals surface area contributed by atoms with Crippen LogP contribution < -0.4 is 4.57 Å². The van der Waals surface area contributed by atoms with Gasteiger partial charge >= 0.3 is 0 Å². The summed E-state index contributed by atoms with van der Waals surface area (Å²) in [6.07, 6.45) is 15.4. The van der Waals surface area contributed by atoms with Crippen molar-refractivity contribution in [3.05, 3.63) is 108 Å². The molecule has 2 nitrogen and oxygen atoms in total. The number of nitrogens with zero attached hydrogens (tertiary/aromatic N) is 1. The Balaban J connectivity index is 1.83. The van der Waals surface area contributed by atoms with Gasteiger partial charge in [-0.1, -0.05) is 61.2 Å². The molecule has 146 valence electrons. The van der Waals surface area contributed by atoms with Crippen molar-refractivity contribution >= 4 is 28.0 Å². The van der Waals surface area contributed by atoms with E-state index in [1.165, 1.54) is 16.7 Å². The number of pyridine rings is 1. The first-order valence-electron chi connectivity index (χ1n) is 10.3. The van der Waals surface area contributed by atoms with Crippen LogP contribution in [-0.4, -0.2) is 0 Å². The molecular weight excluding hydrogens is 366 g/mol. The van der Waals surface area contributed by atoms with Crippen LogP contribution in [-0.2, 0) is 13.5 Å². The van der Waals surface area contributed by atoms with Crippen LogP contribution in [0.15, 0.2) is 95.6 Å². The van der Waals surface area contributed by atoms with E-state index in [0.29, 0.717) is 0 Å². The van der Waals surface area contributed by atoms with Gasteiger partial charge in [-0.15, -0.1) is 0 Å². The molecule has 1 aliphatic carbocycles. The molecule has 4 aromatic rings. The fourth-order valence-corrected chi connectivity index (χ4v) is 4.24. The van der Waals surface area contributed by atoms with Gasteiger partial charge in [0.2, 0.25) is 5.69 Å². The molecule has 0 fully saturated rings. The van der Waals surface area contributed by atoms with Crippen molar-refractivity contribution in [1.29, 1.82) is 0 Å². The van der Waals surface area contributed by atoms with E-state index in [2.05, 4.69) is 92.0 Å². The van der Waals surface area contributed by atoms with Gasteiger partial charge in [-0.3, -0.25) is 0 Å². The molecule has 0 N–H and O–H groups in total. The fourth-order valence-electron chi connectivity index (χ4n) is 4.24. The largest absolute Gasteiger partial charge is 0.455 e. The minimum Gasteiger partial charge on any atom is -0.455 e. The lowest BCUT2D eigenvalue weighted by Crippen LogP contribution is -2.30. The Morgan fingerprint density at radius 2 is 1.73 bits per heavy atom. The molecular formula is C28H24NO+. The standard InChI is InChI=1S/C28H24NO/c1-19-9-5-4-6-10-22-21(14-12-19)15-17-23-24-16-13-20(2)26(28(24)30-27(22)23)25-11-7-8-18-29(25)3/h4-9,11-18H,1,10H2,2-3H3/q+1/b6-4-,9-5-,14-12-. The van der Waals surface area contributed by atoms with E-state index in [9.17, 15) is 0 Å². The van der Waals surface area contributed by atoms with Crippen LogP contribution >= 0.6 is 0 Å². The SMILES string of the molecule is C=C1/C=C\C=C/Cc2c(ccc3c2oc2c(-c4cccc[n+]4C)c(C)ccc23)/C=C\1. The average molecular weight is 391 g/mol. The summed E-state index contributed by atoms with van der Waals surface area (Å²) in [7, 11) is 2.08.